The fraction of sp³-hybridized carbons (Fsp3) is 0.353. The Hall–Kier alpha value is -1.61. The summed E-state index contributed by atoms with van der Waals surface area (Å²) >= 11 is 1.59. The highest BCUT2D eigenvalue weighted by Crippen LogP contribution is 2.24. The van der Waals surface area contributed by atoms with Crippen molar-refractivity contribution in [3.8, 4) is 0 Å². The molecule has 1 aliphatic heterocycles. The predicted molar refractivity (Wildman–Crippen MR) is 87.1 cm³/mol. The quantitative estimate of drug-likeness (QED) is 0.746. The fourth-order valence-corrected chi connectivity index (χ4v) is 3.10. The molecule has 0 unspecified atom stereocenters. The summed E-state index contributed by atoms with van der Waals surface area (Å²) in [4.78, 5) is 15.4. The molecule has 1 aromatic heterocycles. The number of likely N-dealkylation sites (tertiary alicyclic amines) is 1. The highest BCUT2D eigenvalue weighted by molar-refractivity contribution is 7.11. The normalized spacial score (nSPS) is 16.1. The molecule has 1 fully saturated rings. The molecule has 0 saturated carbocycles. The van der Waals surface area contributed by atoms with E-state index in [1.807, 2.05) is 47.6 Å². The minimum atomic E-state index is 0.164. The average Bonchev–Trinajstić information content (AvgIpc) is 2.97. The summed E-state index contributed by atoms with van der Waals surface area (Å²) in [6.45, 7) is 7.82. The summed E-state index contributed by atoms with van der Waals surface area (Å²) < 4.78 is 0. The second-order valence-corrected chi connectivity index (χ2v) is 5.87. The van der Waals surface area contributed by atoms with Crippen molar-refractivity contribution in [2.75, 3.05) is 13.1 Å². The number of nitrogens with zero attached hydrogens (tertiary/aromatic N) is 1. The molecule has 106 valence electrons. The van der Waals surface area contributed by atoms with Gasteiger partial charge in [-0.15, -0.1) is 11.3 Å². The van der Waals surface area contributed by atoms with Crippen molar-refractivity contribution in [2.45, 2.75) is 26.2 Å². The van der Waals surface area contributed by atoms with Crippen LogP contribution in [0.4, 0.5) is 0 Å². The minimum absolute atomic E-state index is 0.164. The number of allylic oxidation sites excluding steroid dienone is 5. The zero-order valence-corrected chi connectivity index (χ0v) is 12.8. The van der Waals surface area contributed by atoms with Crippen LogP contribution in [-0.2, 0) is 0 Å². The molecule has 1 aliphatic rings. The molecule has 2 nitrogen and oxygen atoms in total. The van der Waals surface area contributed by atoms with E-state index in [1.54, 1.807) is 11.3 Å². The summed E-state index contributed by atoms with van der Waals surface area (Å²) in [7, 11) is 0. The number of piperidine rings is 1. The molecular formula is C17H21NOS. The molecule has 0 aromatic carbocycles. The van der Waals surface area contributed by atoms with Gasteiger partial charge in [0.1, 0.15) is 0 Å². The standard InChI is InChI=1S/C17H21NOS/c1-3-4-6-9-14(2)16-12-15(13-20-16)17(19)18-10-7-5-8-11-18/h3-4,6,9,12-13H,2,5,7-8,10-11H2,1H3/b4-3-,9-6-. The summed E-state index contributed by atoms with van der Waals surface area (Å²) in [5.74, 6) is 0.164. The van der Waals surface area contributed by atoms with Crippen molar-refractivity contribution in [1.29, 1.82) is 0 Å². The molecule has 2 heterocycles. The van der Waals surface area contributed by atoms with Crippen LogP contribution in [0.1, 0.15) is 41.4 Å². The molecule has 0 atom stereocenters. The van der Waals surface area contributed by atoms with Gasteiger partial charge in [-0.05, 0) is 37.8 Å². The number of carbonyl (C=O) groups is 1. The van der Waals surface area contributed by atoms with E-state index in [9.17, 15) is 4.79 Å². The lowest BCUT2D eigenvalue weighted by atomic mass is 10.1. The maximum atomic E-state index is 12.4. The van der Waals surface area contributed by atoms with Crippen LogP contribution in [-0.4, -0.2) is 23.9 Å². The molecule has 0 spiro atoms. The zero-order valence-electron chi connectivity index (χ0n) is 12.0. The topological polar surface area (TPSA) is 20.3 Å². The minimum Gasteiger partial charge on any atom is -0.339 e. The van der Waals surface area contributed by atoms with Crippen LogP contribution in [0.5, 0.6) is 0 Å². The number of thiophene rings is 1. The van der Waals surface area contributed by atoms with E-state index in [-0.39, 0.29) is 5.91 Å². The molecule has 2 rings (SSSR count). The van der Waals surface area contributed by atoms with E-state index in [4.69, 9.17) is 0 Å². The SMILES string of the molecule is C=C(/C=C\C=C/C)c1cc(C(=O)N2CCCCC2)cs1. The van der Waals surface area contributed by atoms with E-state index >= 15 is 0 Å². The van der Waals surface area contributed by atoms with Gasteiger partial charge in [0.2, 0.25) is 0 Å². The molecule has 0 radical (unpaired) electrons. The van der Waals surface area contributed by atoms with Crippen LogP contribution in [0.25, 0.3) is 5.57 Å². The maximum Gasteiger partial charge on any atom is 0.254 e. The van der Waals surface area contributed by atoms with Gasteiger partial charge in [-0.2, -0.15) is 0 Å². The Labute approximate surface area is 125 Å². The monoisotopic (exact) mass is 287 g/mol. The van der Waals surface area contributed by atoms with Crippen molar-refractivity contribution in [1.82, 2.24) is 4.90 Å². The van der Waals surface area contributed by atoms with E-state index in [0.717, 1.165) is 41.9 Å². The van der Waals surface area contributed by atoms with Crippen LogP contribution in [0, 0.1) is 0 Å². The first-order valence-corrected chi connectivity index (χ1v) is 7.97. The molecule has 0 N–H and O–H groups in total. The largest absolute Gasteiger partial charge is 0.339 e. The highest BCUT2D eigenvalue weighted by Gasteiger charge is 2.19. The van der Waals surface area contributed by atoms with E-state index in [2.05, 4.69) is 6.58 Å². The number of rotatable bonds is 4. The van der Waals surface area contributed by atoms with Crippen LogP contribution in [0.3, 0.4) is 0 Å². The summed E-state index contributed by atoms with van der Waals surface area (Å²) in [5, 5.41) is 1.95. The summed E-state index contributed by atoms with van der Waals surface area (Å²) in [6.07, 6.45) is 11.4. The Kier molecular flexibility index (Phi) is 5.36. The number of hydrogen-bond acceptors (Lipinski definition) is 2. The van der Waals surface area contributed by atoms with Gasteiger partial charge in [0.25, 0.3) is 5.91 Å². The Morgan fingerprint density at radius 2 is 2.05 bits per heavy atom. The second kappa shape index (κ2) is 7.25. The van der Waals surface area contributed by atoms with Crippen molar-refractivity contribution in [3.05, 3.63) is 52.8 Å². The van der Waals surface area contributed by atoms with E-state index < -0.39 is 0 Å². The van der Waals surface area contributed by atoms with Gasteiger partial charge in [0.05, 0.1) is 5.56 Å². The predicted octanol–water partition coefficient (Wildman–Crippen LogP) is 4.52. The molecule has 0 bridgehead atoms. The van der Waals surface area contributed by atoms with Gasteiger partial charge >= 0.3 is 0 Å². The molecule has 1 saturated heterocycles. The zero-order chi connectivity index (χ0) is 14.4. The molecule has 20 heavy (non-hydrogen) atoms. The van der Waals surface area contributed by atoms with Crippen molar-refractivity contribution >= 4 is 22.8 Å². The second-order valence-electron chi connectivity index (χ2n) is 4.96. The number of carbonyl (C=O) groups excluding carboxylic acids is 1. The van der Waals surface area contributed by atoms with Gasteiger partial charge in [0.15, 0.2) is 0 Å². The first-order chi connectivity index (χ1) is 9.72. The van der Waals surface area contributed by atoms with Crippen molar-refractivity contribution < 1.29 is 4.79 Å². The van der Waals surface area contributed by atoms with Crippen LogP contribution < -0.4 is 0 Å². The fourth-order valence-electron chi connectivity index (χ4n) is 2.26. The summed E-state index contributed by atoms with van der Waals surface area (Å²) in [5.41, 5.74) is 1.75. The highest BCUT2D eigenvalue weighted by atomic mass is 32.1. The number of hydrogen-bond donors (Lipinski definition) is 0. The molecular weight excluding hydrogens is 266 g/mol. The average molecular weight is 287 g/mol. The van der Waals surface area contributed by atoms with Gasteiger partial charge in [0, 0.05) is 23.3 Å². The maximum absolute atomic E-state index is 12.4. The van der Waals surface area contributed by atoms with Crippen molar-refractivity contribution in [2.24, 2.45) is 0 Å². The van der Waals surface area contributed by atoms with Crippen LogP contribution >= 0.6 is 11.3 Å². The van der Waals surface area contributed by atoms with Crippen LogP contribution in [0.15, 0.2) is 42.3 Å². The third kappa shape index (κ3) is 3.70. The Morgan fingerprint density at radius 1 is 1.30 bits per heavy atom. The lowest BCUT2D eigenvalue weighted by Gasteiger charge is -2.26. The molecule has 3 heteroatoms. The third-order valence-electron chi connectivity index (χ3n) is 3.41. The van der Waals surface area contributed by atoms with E-state index in [1.165, 1.54) is 6.42 Å². The Bertz CT molecular complexity index is 533. The van der Waals surface area contributed by atoms with E-state index in [0.29, 0.717) is 0 Å². The van der Waals surface area contributed by atoms with Crippen molar-refractivity contribution in [3.63, 3.8) is 0 Å². The Morgan fingerprint density at radius 3 is 2.75 bits per heavy atom. The smallest absolute Gasteiger partial charge is 0.254 e. The molecule has 1 amide bonds. The van der Waals surface area contributed by atoms with Gasteiger partial charge in [-0.1, -0.05) is 30.9 Å². The first-order valence-electron chi connectivity index (χ1n) is 7.09. The van der Waals surface area contributed by atoms with Crippen LogP contribution in [0.2, 0.25) is 0 Å². The summed E-state index contributed by atoms with van der Waals surface area (Å²) in [6, 6.07) is 1.96. The van der Waals surface area contributed by atoms with Gasteiger partial charge in [-0.25, -0.2) is 0 Å². The lowest BCUT2D eigenvalue weighted by Crippen LogP contribution is -2.35. The lowest BCUT2D eigenvalue weighted by molar-refractivity contribution is 0.0725. The molecule has 1 aromatic rings. The third-order valence-corrected chi connectivity index (χ3v) is 4.41. The number of amides is 1. The van der Waals surface area contributed by atoms with Gasteiger partial charge in [-0.3, -0.25) is 4.79 Å². The Balaban J connectivity index is 2.04. The molecule has 0 aliphatic carbocycles. The van der Waals surface area contributed by atoms with Gasteiger partial charge < -0.3 is 4.90 Å². The first kappa shape index (κ1) is 14.8.